The van der Waals surface area contributed by atoms with Gasteiger partial charge < -0.3 is 15.3 Å². The van der Waals surface area contributed by atoms with Crippen LogP contribution < -0.4 is 5.32 Å². The van der Waals surface area contributed by atoms with Gasteiger partial charge in [-0.25, -0.2) is 0 Å². The summed E-state index contributed by atoms with van der Waals surface area (Å²) < 4.78 is 0. The summed E-state index contributed by atoms with van der Waals surface area (Å²) in [6, 6.07) is 25.2. The standard InChI is InChI=1S/C28H31ClN2O2/c29-26-11-5-4-10-25(26)22-12-14-23(15-13-22)27(32)30-18-6-7-19-31-20-16-28(33,17-21-31)24-8-2-1-3-9-24/h1-5,8-15,33H,6-7,16-21H2,(H,30,32). The van der Waals surface area contributed by atoms with E-state index < -0.39 is 5.60 Å². The Morgan fingerprint density at radius 2 is 1.58 bits per heavy atom. The van der Waals surface area contributed by atoms with Crippen LogP contribution in [0.5, 0.6) is 0 Å². The van der Waals surface area contributed by atoms with Gasteiger partial charge in [0, 0.05) is 35.8 Å². The predicted molar refractivity (Wildman–Crippen MR) is 134 cm³/mol. The van der Waals surface area contributed by atoms with Crippen LogP contribution in [0.25, 0.3) is 11.1 Å². The van der Waals surface area contributed by atoms with Gasteiger partial charge in [-0.05, 0) is 61.6 Å². The van der Waals surface area contributed by atoms with E-state index in [1.807, 2.05) is 78.9 Å². The molecule has 1 heterocycles. The first-order valence-electron chi connectivity index (χ1n) is 11.7. The summed E-state index contributed by atoms with van der Waals surface area (Å²) in [4.78, 5) is 14.9. The molecule has 3 aromatic carbocycles. The normalized spacial score (nSPS) is 15.8. The third-order valence-electron chi connectivity index (χ3n) is 6.51. The van der Waals surface area contributed by atoms with Crippen molar-refractivity contribution in [2.24, 2.45) is 0 Å². The molecule has 0 atom stereocenters. The molecule has 0 radical (unpaired) electrons. The Labute approximate surface area is 201 Å². The Hall–Kier alpha value is -2.66. The number of carbonyl (C=O) groups excluding carboxylic acids is 1. The van der Waals surface area contributed by atoms with Gasteiger partial charge in [0.1, 0.15) is 0 Å². The van der Waals surface area contributed by atoms with Crippen LogP contribution in [0.3, 0.4) is 0 Å². The number of unbranched alkanes of at least 4 members (excludes halogenated alkanes) is 1. The lowest BCUT2D eigenvalue weighted by Crippen LogP contribution is -2.43. The molecule has 1 fully saturated rings. The largest absolute Gasteiger partial charge is 0.385 e. The minimum atomic E-state index is -0.701. The maximum atomic E-state index is 12.5. The zero-order valence-electron chi connectivity index (χ0n) is 18.8. The first kappa shape index (κ1) is 23.5. The number of hydrogen-bond donors (Lipinski definition) is 2. The Bertz CT molecular complexity index is 1050. The van der Waals surface area contributed by atoms with Crippen molar-refractivity contribution in [3.63, 3.8) is 0 Å². The summed E-state index contributed by atoms with van der Waals surface area (Å²) >= 11 is 6.26. The molecule has 0 saturated carbocycles. The van der Waals surface area contributed by atoms with Crippen molar-refractivity contribution in [3.05, 3.63) is 95.0 Å². The summed E-state index contributed by atoms with van der Waals surface area (Å²) in [7, 11) is 0. The number of benzene rings is 3. The quantitative estimate of drug-likeness (QED) is 0.434. The van der Waals surface area contributed by atoms with E-state index >= 15 is 0 Å². The first-order chi connectivity index (χ1) is 16.0. The van der Waals surface area contributed by atoms with Gasteiger partial charge in [0.15, 0.2) is 0 Å². The highest BCUT2D eigenvalue weighted by Gasteiger charge is 2.33. The molecule has 0 unspecified atom stereocenters. The zero-order valence-corrected chi connectivity index (χ0v) is 19.6. The van der Waals surface area contributed by atoms with Gasteiger partial charge in [0.05, 0.1) is 5.60 Å². The Morgan fingerprint density at radius 3 is 2.27 bits per heavy atom. The number of amides is 1. The molecule has 33 heavy (non-hydrogen) atoms. The van der Waals surface area contributed by atoms with Gasteiger partial charge in [-0.3, -0.25) is 4.79 Å². The molecular formula is C28H31ClN2O2. The zero-order chi connectivity index (χ0) is 23.1. The van der Waals surface area contributed by atoms with Crippen molar-refractivity contribution < 1.29 is 9.90 Å². The van der Waals surface area contributed by atoms with Crippen molar-refractivity contribution >= 4 is 17.5 Å². The van der Waals surface area contributed by atoms with Crippen molar-refractivity contribution in [2.75, 3.05) is 26.2 Å². The smallest absolute Gasteiger partial charge is 0.251 e. The molecule has 0 bridgehead atoms. The number of piperidine rings is 1. The highest BCUT2D eigenvalue weighted by molar-refractivity contribution is 6.33. The van der Waals surface area contributed by atoms with E-state index in [4.69, 9.17) is 11.6 Å². The molecule has 4 nitrogen and oxygen atoms in total. The van der Waals surface area contributed by atoms with Crippen molar-refractivity contribution in [3.8, 4) is 11.1 Å². The van der Waals surface area contributed by atoms with Crippen molar-refractivity contribution in [1.82, 2.24) is 10.2 Å². The van der Waals surface area contributed by atoms with Crippen LogP contribution >= 0.6 is 11.6 Å². The number of hydrogen-bond acceptors (Lipinski definition) is 3. The molecule has 1 amide bonds. The van der Waals surface area contributed by atoms with E-state index in [1.54, 1.807) is 0 Å². The lowest BCUT2D eigenvalue weighted by atomic mass is 9.84. The third-order valence-corrected chi connectivity index (χ3v) is 6.84. The average molecular weight is 463 g/mol. The minimum Gasteiger partial charge on any atom is -0.385 e. The lowest BCUT2D eigenvalue weighted by Gasteiger charge is -2.38. The van der Waals surface area contributed by atoms with Crippen molar-refractivity contribution in [1.29, 1.82) is 0 Å². The maximum Gasteiger partial charge on any atom is 0.251 e. The molecule has 172 valence electrons. The van der Waals surface area contributed by atoms with E-state index in [1.165, 1.54) is 0 Å². The van der Waals surface area contributed by atoms with E-state index in [0.29, 0.717) is 17.1 Å². The number of aliphatic hydroxyl groups is 1. The second kappa shape index (κ2) is 11.0. The van der Waals surface area contributed by atoms with Crippen LogP contribution in [-0.4, -0.2) is 42.1 Å². The second-order valence-corrected chi connectivity index (χ2v) is 9.17. The SMILES string of the molecule is O=C(NCCCCN1CCC(O)(c2ccccc2)CC1)c1ccc(-c2ccccc2Cl)cc1. The Kier molecular flexibility index (Phi) is 7.81. The number of nitrogens with one attached hydrogen (secondary N) is 1. The average Bonchev–Trinajstić information content (AvgIpc) is 2.86. The van der Waals surface area contributed by atoms with Crippen molar-refractivity contribution in [2.45, 2.75) is 31.3 Å². The molecule has 4 rings (SSSR count). The van der Waals surface area contributed by atoms with Crippen LogP contribution in [0.15, 0.2) is 78.9 Å². The fourth-order valence-electron chi connectivity index (χ4n) is 4.44. The van der Waals surface area contributed by atoms with Gasteiger partial charge in [0.25, 0.3) is 5.91 Å². The number of likely N-dealkylation sites (tertiary alicyclic amines) is 1. The monoisotopic (exact) mass is 462 g/mol. The van der Waals surface area contributed by atoms with Gasteiger partial charge in [-0.15, -0.1) is 0 Å². The van der Waals surface area contributed by atoms with Crippen LogP contribution in [0.1, 0.15) is 41.6 Å². The first-order valence-corrected chi connectivity index (χ1v) is 12.1. The fraction of sp³-hybridized carbons (Fsp3) is 0.321. The highest BCUT2D eigenvalue weighted by Crippen LogP contribution is 2.32. The number of carbonyl (C=O) groups is 1. The lowest BCUT2D eigenvalue weighted by molar-refractivity contribution is -0.0260. The number of halogens is 1. The molecule has 1 saturated heterocycles. The second-order valence-electron chi connectivity index (χ2n) is 8.76. The summed E-state index contributed by atoms with van der Waals surface area (Å²) in [6.07, 6.45) is 3.48. The summed E-state index contributed by atoms with van der Waals surface area (Å²) in [6.45, 7) is 3.45. The molecule has 1 aliphatic heterocycles. The Balaban J connectivity index is 1.16. The van der Waals surface area contributed by atoms with Crippen LogP contribution in [0, 0.1) is 0 Å². The fourth-order valence-corrected chi connectivity index (χ4v) is 4.69. The molecular weight excluding hydrogens is 432 g/mol. The van der Waals surface area contributed by atoms with Crippen LogP contribution in [0.2, 0.25) is 5.02 Å². The summed E-state index contributed by atoms with van der Waals surface area (Å²) in [5.41, 5.74) is 2.94. The number of nitrogens with zero attached hydrogens (tertiary/aromatic N) is 1. The molecule has 2 N–H and O–H groups in total. The van der Waals surface area contributed by atoms with Crippen LogP contribution in [0.4, 0.5) is 0 Å². The molecule has 0 aliphatic carbocycles. The molecule has 1 aliphatic rings. The molecule has 3 aromatic rings. The highest BCUT2D eigenvalue weighted by atomic mass is 35.5. The molecule has 0 aromatic heterocycles. The third kappa shape index (κ3) is 6.02. The van der Waals surface area contributed by atoms with Gasteiger partial charge in [-0.1, -0.05) is 72.3 Å². The minimum absolute atomic E-state index is 0.0494. The van der Waals surface area contributed by atoms with E-state index in [2.05, 4.69) is 10.2 Å². The predicted octanol–water partition coefficient (Wildman–Crippen LogP) is 5.50. The number of rotatable bonds is 8. The Morgan fingerprint density at radius 1 is 0.909 bits per heavy atom. The molecule has 5 heteroatoms. The van der Waals surface area contributed by atoms with Gasteiger partial charge >= 0.3 is 0 Å². The van der Waals surface area contributed by atoms with Gasteiger partial charge in [0.2, 0.25) is 0 Å². The van der Waals surface area contributed by atoms with Gasteiger partial charge in [-0.2, -0.15) is 0 Å². The van der Waals surface area contributed by atoms with E-state index in [-0.39, 0.29) is 5.91 Å². The summed E-state index contributed by atoms with van der Waals surface area (Å²) in [5, 5.41) is 14.7. The molecule has 0 spiro atoms. The topological polar surface area (TPSA) is 52.6 Å². The van der Waals surface area contributed by atoms with E-state index in [0.717, 1.165) is 62.0 Å². The maximum absolute atomic E-state index is 12.5. The summed E-state index contributed by atoms with van der Waals surface area (Å²) in [5.74, 6) is -0.0494. The van der Waals surface area contributed by atoms with E-state index in [9.17, 15) is 9.90 Å². The van der Waals surface area contributed by atoms with Crippen LogP contribution in [-0.2, 0) is 5.60 Å².